The Kier molecular flexibility index (Phi) is 6.15. The van der Waals surface area contributed by atoms with Crippen molar-refractivity contribution in [2.45, 2.75) is 45.6 Å². The van der Waals surface area contributed by atoms with E-state index in [2.05, 4.69) is 17.1 Å². The Morgan fingerprint density at radius 1 is 1.03 bits per heavy atom. The molecule has 1 aliphatic heterocycles. The molecule has 7 nitrogen and oxygen atoms in total. The normalized spacial score (nSPS) is 15.2. The Hall–Kier alpha value is -3.52. The molecule has 0 saturated carbocycles. The van der Waals surface area contributed by atoms with Crippen molar-refractivity contribution < 1.29 is 13.9 Å². The quantitative estimate of drug-likeness (QED) is 0.312. The number of nitrogens with zero attached hydrogens (tertiary/aromatic N) is 3. The van der Waals surface area contributed by atoms with Gasteiger partial charge in [-0.2, -0.15) is 0 Å². The van der Waals surface area contributed by atoms with Crippen LogP contribution in [0.4, 0.5) is 5.13 Å². The number of anilines is 1. The number of unbranched alkanes of at least 4 members (excludes halogenated alkanes) is 2. The van der Waals surface area contributed by atoms with Gasteiger partial charge in [0.25, 0.3) is 5.91 Å². The molecule has 3 heterocycles. The molecule has 1 aliphatic rings. The lowest BCUT2D eigenvalue weighted by atomic mass is 9.98. The summed E-state index contributed by atoms with van der Waals surface area (Å²) in [6.07, 6.45) is 3.97. The van der Waals surface area contributed by atoms with Gasteiger partial charge in [0.2, 0.25) is 10.9 Å². The summed E-state index contributed by atoms with van der Waals surface area (Å²) in [7, 11) is 0. The maximum absolute atomic E-state index is 13.6. The van der Waals surface area contributed by atoms with Crippen LogP contribution in [0.5, 0.6) is 5.75 Å². The largest absolute Gasteiger partial charge is 0.494 e. The maximum Gasteiger partial charge on any atom is 0.297 e. The molecule has 1 amide bonds. The van der Waals surface area contributed by atoms with Gasteiger partial charge in [-0.15, -0.1) is 10.2 Å². The summed E-state index contributed by atoms with van der Waals surface area (Å²) in [4.78, 5) is 28.6. The van der Waals surface area contributed by atoms with E-state index in [9.17, 15) is 9.59 Å². The van der Waals surface area contributed by atoms with Gasteiger partial charge in [0, 0.05) is 0 Å². The van der Waals surface area contributed by atoms with Gasteiger partial charge in [-0.1, -0.05) is 62.3 Å². The van der Waals surface area contributed by atoms with Crippen LogP contribution < -0.4 is 15.1 Å². The third-order valence-corrected chi connectivity index (χ3v) is 7.02. The van der Waals surface area contributed by atoms with Gasteiger partial charge in [0.15, 0.2) is 5.43 Å². The molecule has 2 aromatic carbocycles. The zero-order valence-electron chi connectivity index (χ0n) is 19.1. The highest BCUT2D eigenvalue weighted by molar-refractivity contribution is 7.15. The van der Waals surface area contributed by atoms with Crippen LogP contribution in [0, 0.1) is 0 Å². The van der Waals surface area contributed by atoms with E-state index in [1.54, 1.807) is 24.3 Å². The first-order valence-electron chi connectivity index (χ1n) is 11.6. The average Bonchev–Trinajstić information content (AvgIpc) is 3.45. The highest BCUT2D eigenvalue weighted by atomic mass is 32.1. The average molecular weight is 476 g/mol. The van der Waals surface area contributed by atoms with Crippen LogP contribution in [-0.4, -0.2) is 22.7 Å². The number of hydrogen-bond donors (Lipinski definition) is 0. The Morgan fingerprint density at radius 2 is 1.82 bits per heavy atom. The SMILES string of the molecule is CCCCCOc1ccc(C2c3c(oc4ccccc4c3=O)C(=O)N2c2nnc(CC)s2)cc1. The zero-order chi connectivity index (χ0) is 23.7. The van der Waals surface area contributed by atoms with Crippen molar-refractivity contribution in [3.63, 3.8) is 0 Å². The molecule has 1 atom stereocenters. The first-order chi connectivity index (χ1) is 16.6. The molecular formula is C26H25N3O4S. The number of carbonyl (C=O) groups is 1. The molecule has 34 heavy (non-hydrogen) atoms. The minimum atomic E-state index is -0.657. The van der Waals surface area contributed by atoms with E-state index in [4.69, 9.17) is 9.15 Å². The third kappa shape index (κ3) is 3.88. The number of benzene rings is 2. The highest BCUT2D eigenvalue weighted by Crippen LogP contribution is 2.42. The molecule has 174 valence electrons. The summed E-state index contributed by atoms with van der Waals surface area (Å²) in [5.74, 6) is 0.425. The Morgan fingerprint density at radius 3 is 2.56 bits per heavy atom. The fraction of sp³-hybridized carbons (Fsp3) is 0.308. The zero-order valence-corrected chi connectivity index (χ0v) is 19.9. The van der Waals surface area contributed by atoms with Crippen molar-refractivity contribution >= 4 is 33.3 Å². The van der Waals surface area contributed by atoms with E-state index in [0.717, 1.165) is 35.6 Å². The van der Waals surface area contributed by atoms with Gasteiger partial charge < -0.3 is 9.15 Å². The Balaban J connectivity index is 1.60. The van der Waals surface area contributed by atoms with Gasteiger partial charge >= 0.3 is 0 Å². The standard InChI is InChI=1S/C26H25N3O4S/c1-3-5-8-15-32-17-13-11-16(12-14-17)22-21-23(30)18-9-6-7-10-19(18)33-24(21)25(31)29(22)26-28-27-20(4-2)34-26/h6-7,9-14,22H,3-5,8,15H2,1-2H3. The van der Waals surface area contributed by atoms with Gasteiger partial charge in [0.05, 0.1) is 23.6 Å². The van der Waals surface area contributed by atoms with Crippen molar-refractivity contribution in [1.29, 1.82) is 0 Å². The van der Waals surface area contributed by atoms with Crippen LogP contribution in [0.3, 0.4) is 0 Å². The van der Waals surface area contributed by atoms with Crippen molar-refractivity contribution in [1.82, 2.24) is 10.2 Å². The molecule has 5 rings (SSSR count). The third-order valence-electron chi connectivity index (χ3n) is 5.95. The molecule has 1 unspecified atom stereocenters. The summed E-state index contributed by atoms with van der Waals surface area (Å²) in [6, 6.07) is 13.9. The predicted molar refractivity (Wildman–Crippen MR) is 132 cm³/mol. The fourth-order valence-electron chi connectivity index (χ4n) is 4.21. The van der Waals surface area contributed by atoms with Crippen LogP contribution in [0.1, 0.15) is 65.8 Å². The van der Waals surface area contributed by atoms with Crippen LogP contribution in [0.15, 0.2) is 57.7 Å². The summed E-state index contributed by atoms with van der Waals surface area (Å²) in [6.45, 7) is 4.80. The van der Waals surface area contributed by atoms with Crippen molar-refractivity contribution in [2.24, 2.45) is 0 Å². The molecule has 0 aliphatic carbocycles. The first-order valence-corrected chi connectivity index (χ1v) is 12.4. The number of rotatable bonds is 8. The van der Waals surface area contributed by atoms with E-state index >= 15 is 0 Å². The second kappa shape index (κ2) is 9.38. The molecule has 0 N–H and O–H groups in total. The van der Waals surface area contributed by atoms with Crippen LogP contribution >= 0.6 is 11.3 Å². The lowest BCUT2D eigenvalue weighted by Crippen LogP contribution is -2.29. The second-order valence-corrected chi connectivity index (χ2v) is 9.24. The van der Waals surface area contributed by atoms with Crippen LogP contribution in [0.25, 0.3) is 11.0 Å². The van der Waals surface area contributed by atoms with E-state index in [1.807, 2.05) is 31.2 Å². The van der Waals surface area contributed by atoms with Gasteiger partial charge in [-0.3, -0.25) is 14.5 Å². The summed E-state index contributed by atoms with van der Waals surface area (Å²) < 4.78 is 11.8. The van der Waals surface area contributed by atoms with Gasteiger partial charge in [-0.25, -0.2) is 0 Å². The van der Waals surface area contributed by atoms with Crippen LogP contribution in [0.2, 0.25) is 0 Å². The molecule has 0 bridgehead atoms. The molecule has 8 heteroatoms. The highest BCUT2D eigenvalue weighted by Gasteiger charge is 2.45. The van der Waals surface area contributed by atoms with Gasteiger partial charge in [0.1, 0.15) is 16.3 Å². The molecule has 0 radical (unpaired) electrons. The topological polar surface area (TPSA) is 85.5 Å². The van der Waals surface area contributed by atoms with E-state index < -0.39 is 6.04 Å². The maximum atomic E-state index is 13.6. The number of aromatic nitrogens is 2. The minimum Gasteiger partial charge on any atom is -0.494 e. The molecule has 0 spiro atoms. The molecule has 0 saturated heterocycles. The van der Waals surface area contributed by atoms with Crippen molar-refractivity contribution in [3.8, 4) is 5.75 Å². The lowest BCUT2D eigenvalue weighted by molar-refractivity contribution is 0.0970. The number of fused-ring (bicyclic) bond motifs is 2. The fourth-order valence-corrected chi connectivity index (χ4v) is 5.01. The van der Waals surface area contributed by atoms with Crippen molar-refractivity contribution in [3.05, 3.63) is 80.6 Å². The van der Waals surface area contributed by atoms with E-state index in [1.165, 1.54) is 16.2 Å². The number of hydrogen-bond acceptors (Lipinski definition) is 7. The summed E-state index contributed by atoms with van der Waals surface area (Å²) in [5, 5.41) is 10.2. The first kappa shape index (κ1) is 22.3. The summed E-state index contributed by atoms with van der Waals surface area (Å²) in [5.41, 5.74) is 1.29. The van der Waals surface area contributed by atoms with E-state index in [-0.39, 0.29) is 17.1 Å². The molecular weight excluding hydrogens is 450 g/mol. The summed E-state index contributed by atoms with van der Waals surface area (Å²) >= 11 is 1.35. The number of carbonyl (C=O) groups excluding carboxylic acids is 1. The van der Waals surface area contributed by atoms with Gasteiger partial charge in [-0.05, 0) is 42.7 Å². The lowest BCUT2D eigenvalue weighted by Gasteiger charge is -2.22. The minimum absolute atomic E-state index is 0.0573. The predicted octanol–water partition coefficient (Wildman–Crippen LogP) is 5.53. The van der Waals surface area contributed by atoms with E-state index in [0.29, 0.717) is 34.7 Å². The molecule has 0 fully saturated rings. The van der Waals surface area contributed by atoms with Crippen LogP contribution in [-0.2, 0) is 6.42 Å². The number of ether oxygens (including phenoxy) is 1. The Labute approximate surface area is 201 Å². The monoisotopic (exact) mass is 475 g/mol. The van der Waals surface area contributed by atoms with Crippen molar-refractivity contribution in [2.75, 3.05) is 11.5 Å². The Bertz CT molecular complexity index is 1390. The number of aryl methyl sites for hydroxylation is 1. The molecule has 4 aromatic rings. The second-order valence-electron chi connectivity index (χ2n) is 8.20. The smallest absolute Gasteiger partial charge is 0.297 e. The molecule has 2 aromatic heterocycles. The number of amides is 1. The number of para-hydroxylation sites is 1.